The lowest BCUT2D eigenvalue weighted by atomic mass is 10.3. The first-order chi connectivity index (χ1) is 7.74. The summed E-state index contributed by atoms with van der Waals surface area (Å²) in [5.41, 5.74) is 6.22. The van der Waals surface area contributed by atoms with E-state index in [2.05, 4.69) is 31.1 Å². The van der Waals surface area contributed by atoms with Gasteiger partial charge in [0.15, 0.2) is 11.6 Å². The van der Waals surface area contributed by atoms with Gasteiger partial charge in [-0.05, 0) is 28.8 Å². The van der Waals surface area contributed by atoms with Crippen molar-refractivity contribution in [2.75, 3.05) is 5.73 Å². The third-order valence-electron chi connectivity index (χ3n) is 2.47. The molecule has 1 aliphatic rings. The number of nitrogens with two attached hydrogens (primary N) is 1. The molecule has 6 heteroatoms. The largest absolute Gasteiger partial charge is 0.381 e. The zero-order chi connectivity index (χ0) is 11.1. The van der Waals surface area contributed by atoms with Gasteiger partial charge in [0.25, 0.3) is 0 Å². The smallest absolute Gasteiger partial charge is 0.188 e. The van der Waals surface area contributed by atoms with Crippen molar-refractivity contribution in [2.24, 2.45) is 0 Å². The second-order valence-corrected chi connectivity index (χ2v) is 4.67. The zero-order valence-electron chi connectivity index (χ0n) is 8.35. The van der Waals surface area contributed by atoms with Crippen LogP contribution in [0, 0.1) is 0 Å². The molecule has 3 rings (SSSR count). The molecule has 0 radical (unpaired) electrons. The summed E-state index contributed by atoms with van der Waals surface area (Å²) in [6.45, 7) is 0. The van der Waals surface area contributed by atoms with Gasteiger partial charge in [0.1, 0.15) is 11.5 Å². The van der Waals surface area contributed by atoms with Crippen LogP contribution in [0.3, 0.4) is 0 Å². The van der Waals surface area contributed by atoms with Gasteiger partial charge in [0.05, 0.1) is 4.47 Å². The topological polar surface area (TPSA) is 77.8 Å². The number of nitrogens with zero attached hydrogens (tertiary/aromatic N) is 3. The number of hydrogen-bond donors (Lipinski definition) is 1. The predicted octanol–water partition coefficient (Wildman–Crippen LogP) is 2.35. The van der Waals surface area contributed by atoms with Crippen LogP contribution >= 0.6 is 15.9 Å². The summed E-state index contributed by atoms with van der Waals surface area (Å²) in [5, 5.41) is 3.65. The van der Waals surface area contributed by atoms with Crippen molar-refractivity contribution in [2.45, 2.75) is 18.8 Å². The Labute approximate surface area is 100 Å². The minimum absolute atomic E-state index is 0.355. The van der Waals surface area contributed by atoms with Crippen molar-refractivity contribution >= 4 is 21.7 Å². The molecule has 1 saturated carbocycles. The number of hydrogen-bond acceptors (Lipinski definition) is 5. The Balaban J connectivity index is 2.07. The molecule has 1 fully saturated rings. The molecule has 1 aliphatic carbocycles. The quantitative estimate of drug-likeness (QED) is 0.914. The Kier molecular flexibility index (Phi) is 2.17. The van der Waals surface area contributed by atoms with Gasteiger partial charge in [-0.25, -0.2) is 9.97 Å². The Morgan fingerprint density at radius 2 is 2.25 bits per heavy atom. The van der Waals surface area contributed by atoms with Gasteiger partial charge in [-0.1, -0.05) is 5.16 Å². The Hall–Kier alpha value is -1.43. The van der Waals surface area contributed by atoms with Crippen molar-refractivity contribution in [1.82, 2.24) is 15.1 Å². The summed E-state index contributed by atoms with van der Waals surface area (Å²) in [7, 11) is 0. The minimum Gasteiger partial charge on any atom is -0.381 e. The van der Waals surface area contributed by atoms with Crippen LogP contribution in [0.1, 0.15) is 24.6 Å². The molecule has 2 aromatic rings. The van der Waals surface area contributed by atoms with E-state index in [0.717, 1.165) is 10.3 Å². The molecule has 16 heavy (non-hydrogen) atoms. The number of rotatable bonds is 2. The van der Waals surface area contributed by atoms with E-state index in [4.69, 9.17) is 10.3 Å². The zero-order valence-corrected chi connectivity index (χ0v) is 9.94. The molecule has 2 aromatic heterocycles. The second-order valence-electron chi connectivity index (χ2n) is 3.82. The molecule has 0 unspecified atom stereocenters. The van der Waals surface area contributed by atoms with E-state index in [0.29, 0.717) is 23.2 Å². The van der Waals surface area contributed by atoms with Crippen LogP contribution in [-0.2, 0) is 0 Å². The minimum atomic E-state index is 0.355. The molecule has 82 valence electrons. The van der Waals surface area contributed by atoms with Crippen molar-refractivity contribution < 1.29 is 4.52 Å². The second kappa shape index (κ2) is 3.55. The molecule has 0 spiro atoms. The summed E-state index contributed by atoms with van der Waals surface area (Å²) in [4.78, 5) is 8.75. The van der Waals surface area contributed by atoms with E-state index in [1.807, 2.05) is 0 Å². The number of aromatic nitrogens is 3. The van der Waals surface area contributed by atoms with E-state index in [9.17, 15) is 0 Å². The highest BCUT2D eigenvalue weighted by Crippen LogP contribution is 2.39. The van der Waals surface area contributed by atoms with Crippen LogP contribution < -0.4 is 5.73 Å². The molecule has 0 aromatic carbocycles. The van der Waals surface area contributed by atoms with Crippen LogP contribution in [0.2, 0.25) is 0 Å². The first-order valence-corrected chi connectivity index (χ1v) is 5.78. The number of halogens is 1. The fraction of sp³-hybridized carbons (Fsp3) is 0.300. The molecule has 0 bridgehead atoms. The lowest BCUT2D eigenvalue weighted by molar-refractivity contribution is 0.434. The van der Waals surface area contributed by atoms with Crippen molar-refractivity contribution in [1.29, 1.82) is 0 Å². The first kappa shape index (κ1) is 9.77. The lowest BCUT2D eigenvalue weighted by Gasteiger charge is -2.01. The highest BCUT2D eigenvalue weighted by molar-refractivity contribution is 9.10. The molecule has 0 aliphatic heterocycles. The van der Waals surface area contributed by atoms with Crippen molar-refractivity contribution in [3.05, 3.63) is 22.6 Å². The van der Waals surface area contributed by atoms with Gasteiger partial charge in [-0.2, -0.15) is 0 Å². The summed E-state index contributed by atoms with van der Waals surface area (Å²) in [6, 6.07) is 1.66. The number of anilines is 1. The van der Waals surface area contributed by atoms with E-state index in [1.54, 1.807) is 12.3 Å². The summed E-state index contributed by atoms with van der Waals surface area (Å²) in [6.07, 6.45) is 4.08. The SMILES string of the molecule is Nc1cc(-c2nc(C3CC3)ncc2Br)on1. The molecule has 2 N–H and O–H groups in total. The van der Waals surface area contributed by atoms with E-state index in [1.165, 1.54) is 12.8 Å². The van der Waals surface area contributed by atoms with Crippen molar-refractivity contribution in [3.63, 3.8) is 0 Å². The summed E-state index contributed by atoms with van der Waals surface area (Å²) in [5.74, 6) is 2.29. The third-order valence-corrected chi connectivity index (χ3v) is 3.05. The van der Waals surface area contributed by atoms with Gasteiger partial charge in [-0.3, -0.25) is 0 Å². The van der Waals surface area contributed by atoms with Crippen LogP contribution in [0.4, 0.5) is 5.82 Å². The lowest BCUT2D eigenvalue weighted by Crippen LogP contribution is -1.94. The molecule has 5 nitrogen and oxygen atoms in total. The van der Waals surface area contributed by atoms with Crippen LogP contribution in [0.25, 0.3) is 11.5 Å². The average molecular weight is 281 g/mol. The Morgan fingerprint density at radius 3 is 2.88 bits per heavy atom. The normalized spacial score (nSPS) is 15.3. The standard InChI is InChI=1S/C10H9BrN4O/c11-6-4-13-10(5-1-2-5)14-9(6)7-3-8(12)15-16-7/h3-5H,1-2H2,(H2,12,15). The van der Waals surface area contributed by atoms with Crippen molar-refractivity contribution in [3.8, 4) is 11.5 Å². The predicted molar refractivity (Wildman–Crippen MR) is 61.6 cm³/mol. The fourth-order valence-electron chi connectivity index (χ4n) is 1.49. The van der Waals surface area contributed by atoms with Gasteiger partial charge in [0.2, 0.25) is 0 Å². The molecule has 0 saturated heterocycles. The van der Waals surface area contributed by atoms with Crippen LogP contribution in [-0.4, -0.2) is 15.1 Å². The summed E-state index contributed by atoms with van der Waals surface area (Å²) < 4.78 is 5.88. The molecule has 0 atom stereocenters. The summed E-state index contributed by atoms with van der Waals surface area (Å²) >= 11 is 3.39. The van der Waals surface area contributed by atoms with E-state index < -0.39 is 0 Å². The molecular weight excluding hydrogens is 272 g/mol. The monoisotopic (exact) mass is 280 g/mol. The fourth-order valence-corrected chi connectivity index (χ4v) is 1.88. The number of nitrogen functional groups attached to an aromatic ring is 1. The molecule has 2 heterocycles. The maximum atomic E-state index is 5.51. The highest BCUT2D eigenvalue weighted by atomic mass is 79.9. The van der Waals surface area contributed by atoms with Gasteiger partial charge in [0, 0.05) is 18.2 Å². The van der Waals surface area contributed by atoms with E-state index in [-0.39, 0.29) is 0 Å². The first-order valence-electron chi connectivity index (χ1n) is 4.99. The van der Waals surface area contributed by atoms with Gasteiger partial charge < -0.3 is 10.3 Å². The van der Waals surface area contributed by atoms with Gasteiger partial charge in [-0.15, -0.1) is 0 Å². The molecular formula is C10H9BrN4O. The van der Waals surface area contributed by atoms with E-state index >= 15 is 0 Å². The maximum absolute atomic E-state index is 5.51. The average Bonchev–Trinajstić information content (AvgIpc) is 3.03. The maximum Gasteiger partial charge on any atom is 0.188 e. The third kappa shape index (κ3) is 1.69. The Morgan fingerprint density at radius 1 is 1.44 bits per heavy atom. The Bertz CT molecular complexity index is 535. The molecule has 0 amide bonds. The van der Waals surface area contributed by atoms with Crippen LogP contribution in [0.5, 0.6) is 0 Å². The van der Waals surface area contributed by atoms with Crippen LogP contribution in [0.15, 0.2) is 21.3 Å². The van der Waals surface area contributed by atoms with Gasteiger partial charge >= 0.3 is 0 Å². The highest BCUT2D eigenvalue weighted by Gasteiger charge is 2.27.